The van der Waals surface area contributed by atoms with Crippen molar-refractivity contribution >= 4 is 14.1 Å². The van der Waals surface area contributed by atoms with Crippen molar-refractivity contribution in [3.8, 4) is 17.0 Å². The van der Waals surface area contributed by atoms with Crippen LogP contribution in [-0.4, -0.2) is 24.8 Å². The van der Waals surface area contributed by atoms with Crippen molar-refractivity contribution in [2.45, 2.75) is 71.5 Å². The van der Waals surface area contributed by atoms with Crippen LogP contribution in [0.4, 0.5) is 5.82 Å². The number of unbranched alkanes of at least 4 members (excludes halogenated alkanes) is 3. The number of aromatic nitrogens is 2. The molecule has 0 aliphatic carbocycles. The van der Waals surface area contributed by atoms with E-state index in [9.17, 15) is 0 Å². The lowest BCUT2D eigenvalue weighted by molar-refractivity contribution is 0.492. The molecule has 0 atom stereocenters. The highest BCUT2D eigenvalue weighted by atomic mass is 28.4. The molecule has 0 amide bonds. The van der Waals surface area contributed by atoms with Crippen molar-refractivity contribution in [3.63, 3.8) is 0 Å². The van der Waals surface area contributed by atoms with Gasteiger partial charge in [0.05, 0.1) is 18.1 Å². The zero-order valence-electron chi connectivity index (χ0n) is 17.8. The largest absolute Gasteiger partial charge is 0.544 e. The zero-order valence-corrected chi connectivity index (χ0v) is 18.8. The second-order valence-electron chi connectivity index (χ2n) is 8.66. The standard InChI is InChI=1S/C22H35N3OSi/c1-7-8-9-10-15-23-21-17-24-20(16-25-21)18-11-13-19(14-12-18)26-27(5,6)22(2,3)4/h11-14,16-17H,7-10,15H2,1-6H3,(H,23,25). The molecule has 5 heteroatoms. The molecular formula is C22H35N3OSi. The van der Waals surface area contributed by atoms with Crippen LogP contribution >= 0.6 is 0 Å². The average molecular weight is 386 g/mol. The molecule has 0 radical (unpaired) electrons. The fourth-order valence-corrected chi connectivity index (χ4v) is 3.51. The van der Waals surface area contributed by atoms with Gasteiger partial charge in [0.1, 0.15) is 11.6 Å². The number of anilines is 1. The lowest BCUT2D eigenvalue weighted by Gasteiger charge is -2.36. The van der Waals surface area contributed by atoms with Crippen LogP contribution in [0.5, 0.6) is 5.75 Å². The molecule has 0 spiro atoms. The van der Waals surface area contributed by atoms with E-state index in [0.717, 1.165) is 29.4 Å². The number of rotatable bonds is 9. The number of nitrogens with zero attached hydrogens (tertiary/aromatic N) is 2. The Hall–Kier alpha value is -1.88. The molecule has 2 aromatic rings. The number of hydrogen-bond donors (Lipinski definition) is 1. The minimum atomic E-state index is -1.81. The van der Waals surface area contributed by atoms with Crippen molar-refractivity contribution < 1.29 is 4.43 Å². The number of benzene rings is 1. The zero-order chi connectivity index (χ0) is 19.9. The Balaban J connectivity index is 1.95. The molecule has 0 fully saturated rings. The molecular weight excluding hydrogens is 350 g/mol. The fourth-order valence-electron chi connectivity index (χ4n) is 2.48. The van der Waals surface area contributed by atoms with Crippen LogP contribution in [0.2, 0.25) is 18.1 Å². The molecule has 0 bridgehead atoms. The van der Waals surface area contributed by atoms with Gasteiger partial charge in [-0.05, 0) is 48.8 Å². The number of nitrogens with one attached hydrogen (secondary N) is 1. The van der Waals surface area contributed by atoms with Gasteiger partial charge >= 0.3 is 0 Å². The summed E-state index contributed by atoms with van der Waals surface area (Å²) in [5, 5.41) is 3.53. The highest BCUT2D eigenvalue weighted by Crippen LogP contribution is 2.37. The molecule has 148 valence electrons. The van der Waals surface area contributed by atoms with Gasteiger partial charge in [-0.2, -0.15) is 0 Å². The molecule has 1 aromatic carbocycles. The van der Waals surface area contributed by atoms with Crippen molar-refractivity contribution in [1.29, 1.82) is 0 Å². The summed E-state index contributed by atoms with van der Waals surface area (Å²) in [7, 11) is -1.81. The van der Waals surface area contributed by atoms with E-state index in [-0.39, 0.29) is 5.04 Å². The summed E-state index contributed by atoms with van der Waals surface area (Å²) in [6.45, 7) is 14.5. The lowest BCUT2D eigenvalue weighted by atomic mass is 10.1. The van der Waals surface area contributed by atoms with Crippen LogP contribution in [0.1, 0.15) is 53.4 Å². The van der Waals surface area contributed by atoms with Crippen LogP contribution < -0.4 is 9.74 Å². The first-order valence-corrected chi connectivity index (χ1v) is 13.0. The predicted octanol–water partition coefficient (Wildman–Crippen LogP) is 6.52. The molecule has 1 N–H and O–H groups in total. The van der Waals surface area contributed by atoms with Gasteiger partial charge in [-0.25, -0.2) is 4.98 Å². The van der Waals surface area contributed by atoms with Gasteiger partial charge in [-0.1, -0.05) is 47.0 Å². The topological polar surface area (TPSA) is 47.0 Å². The van der Waals surface area contributed by atoms with Crippen molar-refractivity contribution in [1.82, 2.24) is 9.97 Å². The van der Waals surface area contributed by atoms with Crippen LogP contribution in [0.15, 0.2) is 36.7 Å². The second kappa shape index (κ2) is 9.35. The quantitative estimate of drug-likeness (QED) is 0.394. The van der Waals surface area contributed by atoms with Crippen molar-refractivity contribution in [2.75, 3.05) is 11.9 Å². The third-order valence-corrected chi connectivity index (χ3v) is 9.68. The minimum Gasteiger partial charge on any atom is -0.544 e. The molecule has 0 aliphatic rings. The maximum Gasteiger partial charge on any atom is 0.250 e. The molecule has 4 nitrogen and oxygen atoms in total. The van der Waals surface area contributed by atoms with E-state index in [1.807, 2.05) is 24.5 Å². The Kier molecular flexibility index (Phi) is 7.42. The summed E-state index contributed by atoms with van der Waals surface area (Å²) < 4.78 is 6.34. The maximum absolute atomic E-state index is 6.34. The summed E-state index contributed by atoms with van der Waals surface area (Å²) in [5.41, 5.74) is 1.94. The Morgan fingerprint density at radius 2 is 1.67 bits per heavy atom. The monoisotopic (exact) mass is 385 g/mol. The number of hydrogen-bond acceptors (Lipinski definition) is 4. The molecule has 0 saturated carbocycles. The minimum absolute atomic E-state index is 0.191. The second-order valence-corrected chi connectivity index (χ2v) is 13.4. The summed E-state index contributed by atoms with van der Waals surface area (Å²) in [6, 6.07) is 8.20. The van der Waals surface area contributed by atoms with E-state index < -0.39 is 8.32 Å². The first-order valence-electron chi connectivity index (χ1n) is 10.1. The first kappa shape index (κ1) is 21.4. The van der Waals surface area contributed by atoms with Crippen LogP contribution in [0.25, 0.3) is 11.3 Å². The normalized spacial score (nSPS) is 12.1. The van der Waals surface area contributed by atoms with E-state index in [1.165, 1.54) is 25.7 Å². The van der Waals surface area contributed by atoms with Gasteiger partial charge in [0.15, 0.2) is 0 Å². The van der Waals surface area contributed by atoms with E-state index in [0.29, 0.717) is 0 Å². The van der Waals surface area contributed by atoms with Gasteiger partial charge in [-0.15, -0.1) is 0 Å². The average Bonchev–Trinajstić information content (AvgIpc) is 2.61. The van der Waals surface area contributed by atoms with E-state index in [2.05, 4.69) is 68.2 Å². The van der Waals surface area contributed by atoms with Crippen LogP contribution in [0, 0.1) is 0 Å². The lowest BCUT2D eigenvalue weighted by Crippen LogP contribution is -2.43. The van der Waals surface area contributed by atoms with E-state index >= 15 is 0 Å². The molecule has 1 heterocycles. The van der Waals surface area contributed by atoms with Gasteiger partial charge in [0.2, 0.25) is 8.32 Å². The summed E-state index contributed by atoms with van der Waals surface area (Å²) in [5.74, 6) is 1.77. The van der Waals surface area contributed by atoms with Crippen LogP contribution in [-0.2, 0) is 0 Å². The molecule has 0 saturated heterocycles. The Bertz CT molecular complexity index is 691. The molecule has 0 unspecified atom stereocenters. The van der Waals surface area contributed by atoms with E-state index in [1.54, 1.807) is 0 Å². The Morgan fingerprint density at radius 3 is 2.22 bits per heavy atom. The third kappa shape index (κ3) is 6.35. The van der Waals surface area contributed by atoms with Gasteiger partial charge in [0, 0.05) is 12.1 Å². The molecule has 27 heavy (non-hydrogen) atoms. The smallest absolute Gasteiger partial charge is 0.250 e. The van der Waals surface area contributed by atoms with E-state index in [4.69, 9.17) is 4.43 Å². The summed E-state index contributed by atoms with van der Waals surface area (Å²) >= 11 is 0. The highest BCUT2D eigenvalue weighted by molar-refractivity contribution is 6.74. The molecule has 1 aromatic heterocycles. The summed E-state index contributed by atoms with van der Waals surface area (Å²) in [6.07, 6.45) is 8.63. The summed E-state index contributed by atoms with van der Waals surface area (Å²) in [4.78, 5) is 9.04. The van der Waals surface area contributed by atoms with Crippen LogP contribution in [0.3, 0.4) is 0 Å². The fraction of sp³-hybridized carbons (Fsp3) is 0.545. The van der Waals surface area contributed by atoms with Gasteiger partial charge < -0.3 is 9.74 Å². The van der Waals surface area contributed by atoms with Crippen molar-refractivity contribution in [3.05, 3.63) is 36.7 Å². The van der Waals surface area contributed by atoms with Gasteiger partial charge in [-0.3, -0.25) is 4.98 Å². The van der Waals surface area contributed by atoms with Gasteiger partial charge in [0.25, 0.3) is 0 Å². The van der Waals surface area contributed by atoms with Crippen molar-refractivity contribution in [2.24, 2.45) is 0 Å². The predicted molar refractivity (Wildman–Crippen MR) is 118 cm³/mol. The Labute approximate surface area is 165 Å². The first-order chi connectivity index (χ1) is 12.7. The Morgan fingerprint density at radius 1 is 0.963 bits per heavy atom. The SMILES string of the molecule is CCCCCCNc1cnc(-c2ccc(O[Si](C)(C)C(C)(C)C)cc2)cn1. The molecule has 2 rings (SSSR count). The highest BCUT2D eigenvalue weighted by Gasteiger charge is 2.38. The third-order valence-electron chi connectivity index (χ3n) is 5.32. The maximum atomic E-state index is 6.34. The molecule has 0 aliphatic heterocycles.